The minimum absolute atomic E-state index is 0.181. The van der Waals surface area contributed by atoms with E-state index in [1.165, 1.54) is 16.7 Å². The van der Waals surface area contributed by atoms with E-state index in [9.17, 15) is 9.59 Å². The number of fused-ring (bicyclic) bond motifs is 1. The van der Waals surface area contributed by atoms with Gasteiger partial charge in [0.2, 0.25) is 0 Å². The van der Waals surface area contributed by atoms with Crippen molar-refractivity contribution in [3.8, 4) is 0 Å². The van der Waals surface area contributed by atoms with E-state index in [0.717, 1.165) is 30.2 Å². The molecular formula is C20H22N4O3S3. The number of ether oxygens (including phenoxy) is 1. The molecule has 0 atom stereocenters. The predicted octanol–water partition coefficient (Wildman–Crippen LogP) is 2.40. The summed E-state index contributed by atoms with van der Waals surface area (Å²) in [7, 11) is 1.58. The standard InChI is InChI=1S/C20H22N4O3S3/c1-13-3-4-16-21-17(22-6-9-29-10-7-22)14(18(25)24(16)12-13)11-15-19(26)23(5-8-27-2)20(28)30-15/h3-4,11-12H,5-10H2,1-2H3. The molecule has 0 spiro atoms. The van der Waals surface area contributed by atoms with E-state index in [-0.39, 0.29) is 11.5 Å². The first-order valence-corrected chi connectivity index (χ1v) is 12.0. The first-order chi connectivity index (χ1) is 14.5. The van der Waals surface area contributed by atoms with Crippen molar-refractivity contribution in [2.75, 3.05) is 49.8 Å². The highest BCUT2D eigenvalue weighted by molar-refractivity contribution is 8.26. The summed E-state index contributed by atoms with van der Waals surface area (Å²) in [5, 5.41) is 0. The van der Waals surface area contributed by atoms with E-state index in [4.69, 9.17) is 21.9 Å². The second-order valence-electron chi connectivity index (χ2n) is 7.01. The number of carbonyl (C=O) groups is 1. The summed E-state index contributed by atoms with van der Waals surface area (Å²) >= 11 is 8.47. The van der Waals surface area contributed by atoms with Gasteiger partial charge in [-0.25, -0.2) is 4.98 Å². The van der Waals surface area contributed by atoms with Crippen LogP contribution in [0.5, 0.6) is 0 Å². The quantitative estimate of drug-likeness (QED) is 0.496. The Bertz CT molecular complexity index is 1090. The maximum Gasteiger partial charge on any atom is 0.267 e. The normalized spacial score (nSPS) is 18.8. The molecule has 0 radical (unpaired) electrons. The van der Waals surface area contributed by atoms with Crippen LogP contribution in [0, 0.1) is 6.92 Å². The molecule has 2 aliphatic heterocycles. The summed E-state index contributed by atoms with van der Waals surface area (Å²) in [6, 6.07) is 3.80. The third-order valence-electron chi connectivity index (χ3n) is 4.96. The van der Waals surface area contributed by atoms with E-state index >= 15 is 0 Å². The molecule has 2 fully saturated rings. The molecule has 0 unspecified atom stereocenters. The van der Waals surface area contributed by atoms with Gasteiger partial charge in [0.1, 0.15) is 15.8 Å². The van der Waals surface area contributed by atoms with Gasteiger partial charge in [0.15, 0.2) is 0 Å². The van der Waals surface area contributed by atoms with Crippen LogP contribution in [0.15, 0.2) is 28.0 Å². The fourth-order valence-electron chi connectivity index (χ4n) is 3.40. The summed E-state index contributed by atoms with van der Waals surface area (Å²) in [5.41, 5.74) is 1.81. The van der Waals surface area contributed by atoms with Crippen LogP contribution in [0.1, 0.15) is 11.1 Å². The van der Waals surface area contributed by atoms with Crippen LogP contribution in [-0.2, 0) is 9.53 Å². The summed E-state index contributed by atoms with van der Waals surface area (Å²) in [4.78, 5) is 35.2. The fraction of sp³-hybridized carbons (Fsp3) is 0.400. The Morgan fingerprint density at radius 3 is 2.77 bits per heavy atom. The maximum absolute atomic E-state index is 13.4. The van der Waals surface area contributed by atoms with Gasteiger partial charge >= 0.3 is 0 Å². The number of pyridine rings is 1. The van der Waals surface area contributed by atoms with E-state index < -0.39 is 0 Å². The van der Waals surface area contributed by atoms with Crippen LogP contribution in [0.25, 0.3) is 11.7 Å². The van der Waals surface area contributed by atoms with Crippen molar-refractivity contribution in [1.29, 1.82) is 0 Å². The van der Waals surface area contributed by atoms with Gasteiger partial charge in [-0.2, -0.15) is 11.8 Å². The van der Waals surface area contributed by atoms with Gasteiger partial charge in [0, 0.05) is 37.9 Å². The molecular weight excluding hydrogens is 440 g/mol. The second-order valence-corrected chi connectivity index (χ2v) is 9.91. The SMILES string of the molecule is COCCN1C(=O)C(=Cc2c(N3CCSCC3)nc3ccc(C)cn3c2=O)SC1=S. The van der Waals surface area contributed by atoms with Gasteiger partial charge < -0.3 is 9.64 Å². The largest absolute Gasteiger partial charge is 0.383 e. The number of aromatic nitrogens is 2. The summed E-state index contributed by atoms with van der Waals surface area (Å²) in [6.45, 7) is 4.35. The van der Waals surface area contributed by atoms with Gasteiger partial charge in [-0.15, -0.1) is 0 Å². The van der Waals surface area contributed by atoms with Crippen molar-refractivity contribution in [3.05, 3.63) is 44.7 Å². The Hall–Kier alpha value is -1.88. The highest BCUT2D eigenvalue weighted by Crippen LogP contribution is 2.33. The average molecular weight is 463 g/mol. The number of methoxy groups -OCH3 is 1. The van der Waals surface area contributed by atoms with Crippen molar-refractivity contribution >= 4 is 63.5 Å². The first kappa shape index (κ1) is 21.4. The maximum atomic E-state index is 13.4. The number of aryl methyl sites for hydroxylation is 1. The van der Waals surface area contributed by atoms with Gasteiger partial charge in [0.25, 0.3) is 11.5 Å². The van der Waals surface area contributed by atoms with Gasteiger partial charge in [-0.3, -0.25) is 18.9 Å². The van der Waals surface area contributed by atoms with Crippen LogP contribution < -0.4 is 10.5 Å². The zero-order valence-corrected chi connectivity index (χ0v) is 19.2. The lowest BCUT2D eigenvalue weighted by atomic mass is 10.2. The van der Waals surface area contributed by atoms with E-state index in [2.05, 4.69) is 4.90 Å². The lowest BCUT2D eigenvalue weighted by molar-refractivity contribution is -0.122. The van der Waals surface area contributed by atoms with Gasteiger partial charge in [0.05, 0.1) is 23.6 Å². The highest BCUT2D eigenvalue weighted by Gasteiger charge is 2.32. The Kier molecular flexibility index (Phi) is 6.47. The smallest absolute Gasteiger partial charge is 0.267 e. The molecule has 0 N–H and O–H groups in total. The van der Waals surface area contributed by atoms with Crippen LogP contribution in [0.2, 0.25) is 0 Å². The molecule has 2 aliphatic rings. The number of hydrogen-bond donors (Lipinski definition) is 0. The number of thiocarbonyl (C=S) groups is 1. The number of amides is 1. The van der Waals surface area contributed by atoms with Crippen LogP contribution in [0.4, 0.5) is 5.82 Å². The number of anilines is 1. The van der Waals surface area contributed by atoms with Crippen molar-refractivity contribution in [1.82, 2.24) is 14.3 Å². The molecule has 2 aromatic heterocycles. The Morgan fingerprint density at radius 1 is 1.27 bits per heavy atom. The molecule has 0 bridgehead atoms. The van der Waals surface area contributed by atoms with Gasteiger partial charge in [-0.05, 0) is 24.6 Å². The fourth-order valence-corrected chi connectivity index (χ4v) is 5.59. The molecule has 0 saturated carbocycles. The zero-order chi connectivity index (χ0) is 21.3. The number of carbonyl (C=O) groups excluding carboxylic acids is 1. The Morgan fingerprint density at radius 2 is 2.03 bits per heavy atom. The molecule has 4 heterocycles. The minimum Gasteiger partial charge on any atom is -0.383 e. The topological polar surface area (TPSA) is 67.2 Å². The monoisotopic (exact) mass is 462 g/mol. The highest BCUT2D eigenvalue weighted by atomic mass is 32.2. The van der Waals surface area contributed by atoms with Gasteiger partial charge in [-0.1, -0.05) is 30.0 Å². The molecule has 10 heteroatoms. The molecule has 0 aliphatic carbocycles. The number of thioether (sulfide) groups is 2. The zero-order valence-electron chi connectivity index (χ0n) is 16.8. The predicted molar refractivity (Wildman–Crippen MR) is 127 cm³/mol. The number of rotatable bonds is 5. The average Bonchev–Trinajstić information content (AvgIpc) is 3.02. The summed E-state index contributed by atoms with van der Waals surface area (Å²) in [5.74, 6) is 2.39. The van der Waals surface area contributed by atoms with Crippen LogP contribution >= 0.6 is 35.7 Å². The Labute approximate surface area is 188 Å². The third-order valence-corrected chi connectivity index (χ3v) is 7.28. The van der Waals surface area contributed by atoms with Crippen LogP contribution in [-0.4, -0.2) is 69.4 Å². The molecule has 0 aromatic carbocycles. The first-order valence-electron chi connectivity index (χ1n) is 9.59. The van der Waals surface area contributed by atoms with E-state index in [1.807, 2.05) is 30.8 Å². The molecule has 2 saturated heterocycles. The number of hydrogen-bond acceptors (Lipinski definition) is 8. The van der Waals surface area contributed by atoms with Crippen LogP contribution in [0.3, 0.4) is 0 Å². The lowest BCUT2D eigenvalue weighted by Crippen LogP contribution is -2.36. The van der Waals surface area contributed by atoms with Crippen molar-refractivity contribution in [2.45, 2.75) is 6.92 Å². The molecule has 2 aromatic rings. The third kappa shape index (κ3) is 4.14. The molecule has 158 valence electrons. The minimum atomic E-state index is -0.198. The lowest BCUT2D eigenvalue weighted by Gasteiger charge is -2.28. The van der Waals surface area contributed by atoms with Crippen molar-refractivity contribution in [2.24, 2.45) is 0 Å². The van der Waals surface area contributed by atoms with Crippen molar-refractivity contribution < 1.29 is 9.53 Å². The molecule has 7 nitrogen and oxygen atoms in total. The Balaban J connectivity index is 1.83. The van der Waals surface area contributed by atoms with Crippen molar-refractivity contribution in [3.63, 3.8) is 0 Å². The summed E-state index contributed by atoms with van der Waals surface area (Å²) in [6.07, 6.45) is 3.44. The summed E-state index contributed by atoms with van der Waals surface area (Å²) < 4.78 is 7.10. The van der Waals surface area contributed by atoms with E-state index in [1.54, 1.807) is 23.8 Å². The van der Waals surface area contributed by atoms with E-state index in [0.29, 0.717) is 39.4 Å². The molecule has 1 amide bonds. The molecule has 4 rings (SSSR count). The second kappa shape index (κ2) is 9.09. The number of nitrogens with zero attached hydrogens (tertiary/aromatic N) is 4. The molecule has 30 heavy (non-hydrogen) atoms.